The fraction of sp³-hybridized carbons (Fsp3) is 0. The smallest absolute Gasteiger partial charge is 0.269 e. The molecule has 0 aliphatic heterocycles. The minimum Gasteiger partial charge on any atom is -0.380 e. The Balaban J connectivity index is 2.10. The second-order valence-electron chi connectivity index (χ2n) is 4.32. The highest BCUT2D eigenvalue weighted by molar-refractivity contribution is 5.86. The number of pyridine rings is 1. The zero-order chi connectivity index (χ0) is 14.8. The molecule has 7 nitrogen and oxygen atoms in total. The van der Waals surface area contributed by atoms with Crippen molar-refractivity contribution in [3.05, 3.63) is 58.9 Å². The Hall–Kier alpha value is -3.22. The lowest BCUT2D eigenvalue weighted by Crippen LogP contribution is -1.90. The van der Waals surface area contributed by atoms with E-state index in [1.807, 2.05) is 6.07 Å². The van der Waals surface area contributed by atoms with Crippen LogP contribution in [0.2, 0.25) is 0 Å². The second-order valence-corrected chi connectivity index (χ2v) is 4.32. The summed E-state index contributed by atoms with van der Waals surface area (Å²) in [5, 5.41) is 14.5. The third-order valence-corrected chi connectivity index (χ3v) is 3.01. The van der Waals surface area contributed by atoms with Crippen LogP contribution in [-0.2, 0) is 0 Å². The summed E-state index contributed by atoms with van der Waals surface area (Å²) in [5.74, 6) is 0.701. The largest absolute Gasteiger partial charge is 0.380 e. The quantitative estimate of drug-likeness (QED) is 0.584. The number of aromatic nitrogens is 2. The molecular formula is C14H10N4O3. The van der Waals surface area contributed by atoms with E-state index in [0.717, 1.165) is 5.56 Å². The number of nitrogens with zero attached hydrogens (tertiary/aromatic N) is 3. The van der Waals surface area contributed by atoms with Crippen LogP contribution in [0.1, 0.15) is 0 Å². The van der Waals surface area contributed by atoms with Gasteiger partial charge < -0.3 is 10.3 Å². The fourth-order valence-corrected chi connectivity index (χ4v) is 2.02. The molecule has 2 aromatic heterocycles. The Morgan fingerprint density at radius 1 is 1.14 bits per heavy atom. The number of anilines is 1. The molecule has 0 unspecified atom stereocenters. The molecule has 0 aliphatic rings. The molecule has 2 N–H and O–H groups in total. The molecule has 0 bridgehead atoms. The number of hydrogen-bond donors (Lipinski definition) is 1. The standard InChI is InChI=1S/C14H10N4O3/c15-14-12(10-2-1-7-16-8-10)13(21-17-14)9-3-5-11(6-4-9)18(19)20/h1-8H,(H2,15,17). The molecule has 2 heterocycles. The number of nitrogen functional groups attached to an aromatic ring is 1. The maximum atomic E-state index is 10.7. The first-order valence-electron chi connectivity index (χ1n) is 6.07. The van der Waals surface area contributed by atoms with Crippen molar-refractivity contribution in [2.24, 2.45) is 0 Å². The lowest BCUT2D eigenvalue weighted by atomic mass is 10.0. The van der Waals surface area contributed by atoms with Crippen molar-refractivity contribution in [1.29, 1.82) is 0 Å². The molecule has 0 amide bonds. The molecule has 3 aromatic rings. The minimum atomic E-state index is -0.458. The normalized spacial score (nSPS) is 10.5. The predicted molar refractivity (Wildman–Crippen MR) is 76.2 cm³/mol. The van der Waals surface area contributed by atoms with Crippen LogP contribution in [0.15, 0.2) is 53.3 Å². The highest BCUT2D eigenvalue weighted by Gasteiger charge is 2.18. The Kier molecular flexibility index (Phi) is 3.07. The van der Waals surface area contributed by atoms with Gasteiger partial charge in [-0.05, 0) is 18.2 Å². The summed E-state index contributed by atoms with van der Waals surface area (Å²) in [7, 11) is 0. The van der Waals surface area contributed by atoms with E-state index in [0.29, 0.717) is 16.9 Å². The zero-order valence-electron chi connectivity index (χ0n) is 10.8. The number of nitro benzene ring substituents is 1. The van der Waals surface area contributed by atoms with E-state index in [1.165, 1.54) is 12.1 Å². The van der Waals surface area contributed by atoms with Crippen molar-refractivity contribution in [2.45, 2.75) is 0 Å². The Morgan fingerprint density at radius 3 is 2.52 bits per heavy atom. The summed E-state index contributed by atoms with van der Waals surface area (Å²) in [4.78, 5) is 14.3. The van der Waals surface area contributed by atoms with Gasteiger partial charge in [0.25, 0.3) is 5.69 Å². The molecule has 0 saturated heterocycles. The van der Waals surface area contributed by atoms with E-state index in [1.54, 1.807) is 30.6 Å². The van der Waals surface area contributed by atoms with Crippen LogP contribution in [0, 0.1) is 10.1 Å². The molecule has 0 fully saturated rings. The number of hydrogen-bond acceptors (Lipinski definition) is 6. The van der Waals surface area contributed by atoms with Crippen molar-refractivity contribution < 1.29 is 9.45 Å². The molecule has 0 radical (unpaired) electrons. The summed E-state index contributed by atoms with van der Waals surface area (Å²) in [5.41, 5.74) is 7.90. The molecule has 0 spiro atoms. The first-order chi connectivity index (χ1) is 10.2. The van der Waals surface area contributed by atoms with Gasteiger partial charge in [-0.2, -0.15) is 0 Å². The number of non-ortho nitro benzene ring substituents is 1. The van der Waals surface area contributed by atoms with Crippen LogP contribution in [0.3, 0.4) is 0 Å². The molecule has 0 aliphatic carbocycles. The monoisotopic (exact) mass is 282 g/mol. The van der Waals surface area contributed by atoms with Gasteiger partial charge in [0.1, 0.15) is 0 Å². The van der Waals surface area contributed by atoms with Crippen LogP contribution in [0.4, 0.5) is 11.5 Å². The summed E-state index contributed by atoms with van der Waals surface area (Å²) in [6.07, 6.45) is 3.30. The van der Waals surface area contributed by atoms with E-state index in [-0.39, 0.29) is 11.5 Å². The second kappa shape index (κ2) is 5.04. The minimum absolute atomic E-state index is 0.00849. The first-order valence-corrected chi connectivity index (χ1v) is 6.07. The Morgan fingerprint density at radius 2 is 1.90 bits per heavy atom. The van der Waals surface area contributed by atoms with Crippen molar-refractivity contribution in [3.63, 3.8) is 0 Å². The highest BCUT2D eigenvalue weighted by atomic mass is 16.6. The van der Waals surface area contributed by atoms with E-state index in [9.17, 15) is 10.1 Å². The van der Waals surface area contributed by atoms with Gasteiger partial charge in [0, 0.05) is 35.7 Å². The van der Waals surface area contributed by atoms with Gasteiger partial charge in [-0.25, -0.2) is 0 Å². The Labute approximate surface area is 119 Å². The topological polar surface area (TPSA) is 108 Å². The maximum absolute atomic E-state index is 10.7. The van der Waals surface area contributed by atoms with Gasteiger partial charge in [0.2, 0.25) is 0 Å². The third kappa shape index (κ3) is 2.32. The molecule has 0 saturated carbocycles. The van der Waals surface area contributed by atoms with Crippen molar-refractivity contribution in [2.75, 3.05) is 5.73 Å². The van der Waals surface area contributed by atoms with Crippen molar-refractivity contribution in [1.82, 2.24) is 10.1 Å². The summed E-state index contributed by atoms with van der Waals surface area (Å²) in [6.45, 7) is 0. The number of benzene rings is 1. The van der Waals surface area contributed by atoms with E-state index in [2.05, 4.69) is 10.1 Å². The molecule has 7 heteroatoms. The van der Waals surface area contributed by atoms with Gasteiger partial charge in [0.15, 0.2) is 11.6 Å². The lowest BCUT2D eigenvalue weighted by molar-refractivity contribution is -0.384. The lowest BCUT2D eigenvalue weighted by Gasteiger charge is -2.02. The van der Waals surface area contributed by atoms with Gasteiger partial charge in [0.05, 0.1) is 10.5 Å². The van der Waals surface area contributed by atoms with Crippen molar-refractivity contribution in [3.8, 4) is 22.5 Å². The van der Waals surface area contributed by atoms with Gasteiger partial charge in [-0.3, -0.25) is 15.1 Å². The molecular weight excluding hydrogens is 272 g/mol. The first kappa shape index (κ1) is 12.8. The van der Waals surface area contributed by atoms with Crippen LogP contribution in [0.5, 0.6) is 0 Å². The molecule has 21 heavy (non-hydrogen) atoms. The average Bonchev–Trinajstić information content (AvgIpc) is 2.90. The zero-order valence-corrected chi connectivity index (χ0v) is 10.8. The van der Waals surface area contributed by atoms with Crippen LogP contribution in [-0.4, -0.2) is 15.1 Å². The van der Waals surface area contributed by atoms with Gasteiger partial charge in [-0.15, -0.1) is 0 Å². The SMILES string of the molecule is Nc1noc(-c2ccc([N+](=O)[O-])cc2)c1-c1cccnc1. The molecule has 3 rings (SSSR count). The molecule has 0 atom stereocenters. The highest BCUT2D eigenvalue weighted by Crippen LogP contribution is 2.36. The summed E-state index contributed by atoms with van der Waals surface area (Å²) < 4.78 is 5.26. The number of nitrogens with two attached hydrogens (primary N) is 1. The summed E-state index contributed by atoms with van der Waals surface area (Å²) in [6, 6.07) is 9.62. The van der Waals surface area contributed by atoms with Gasteiger partial charge >= 0.3 is 0 Å². The number of nitro groups is 1. The molecule has 104 valence electrons. The van der Waals surface area contributed by atoms with E-state index in [4.69, 9.17) is 10.3 Å². The van der Waals surface area contributed by atoms with Crippen LogP contribution in [0.25, 0.3) is 22.5 Å². The van der Waals surface area contributed by atoms with Crippen LogP contribution >= 0.6 is 0 Å². The molecule has 1 aromatic carbocycles. The Bertz CT molecular complexity index is 782. The van der Waals surface area contributed by atoms with Crippen molar-refractivity contribution >= 4 is 11.5 Å². The van der Waals surface area contributed by atoms with Crippen LogP contribution < -0.4 is 5.73 Å². The van der Waals surface area contributed by atoms with E-state index >= 15 is 0 Å². The number of rotatable bonds is 3. The average molecular weight is 282 g/mol. The van der Waals surface area contributed by atoms with E-state index < -0.39 is 4.92 Å². The predicted octanol–water partition coefficient (Wildman–Crippen LogP) is 2.89. The maximum Gasteiger partial charge on any atom is 0.269 e. The third-order valence-electron chi connectivity index (χ3n) is 3.01. The summed E-state index contributed by atoms with van der Waals surface area (Å²) >= 11 is 0. The fourth-order valence-electron chi connectivity index (χ4n) is 2.02. The van der Waals surface area contributed by atoms with Gasteiger partial charge in [-0.1, -0.05) is 11.2 Å².